The summed E-state index contributed by atoms with van der Waals surface area (Å²) in [6.45, 7) is 0. The first kappa shape index (κ1) is 49.0. The average molecular weight is 258 g/mol. The largest absolute Gasteiger partial charge is 0.0776 e. The molecule has 0 rings (SSSR count). The molecule has 0 spiro atoms. The van der Waals surface area contributed by atoms with Crippen molar-refractivity contribution in [2.75, 3.05) is 0 Å². The Labute approximate surface area is 86.9 Å². The van der Waals surface area contributed by atoms with Gasteiger partial charge in [-0.1, -0.05) is 7.43 Å². The number of rotatable bonds is 0. The molecule has 0 fully saturated rings. The molecule has 0 aromatic carbocycles. The molecular weight excluding hydrogens is 253 g/mol. The van der Waals surface area contributed by atoms with E-state index in [2.05, 4.69) is 0 Å². The van der Waals surface area contributed by atoms with Crippen LogP contribution >= 0.6 is 0 Å². The zero-order chi connectivity index (χ0) is 0. The minimum atomic E-state index is 0. The fourth-order valence-corrected chi connectivity index (χ4v) is 0. The van der Waals surface area contributed by atoms with Crippen LogP contribution in [0.3, 0.4) is 0 Å². The van der Waals surface area contributed by atoms with Crippen LogP contribution in [0.4, 0.5) is 0 Å². The first-order valence-electron chi connectivity index (χ1n) is 0. The molecule has 0 saturated carbocycles. The molecule has 5 heavy (non-hydrogen) atoms. The standard InChI is InChI=1S/CH4.Fe.Mg.Mo.Zn/h1H4;;;;. The third-order valence-electron chi connectivity index (χ3n) is 0. The van der Waals surface area contributed by atoms with Gasteiger partial charge in [0.05, 0.1) is 0 Å². The van der Waals surface area contributed by atoms with E-state index in [0.29, 0.717) is 0 Å². The van der Waals surface area contributed by atoms with Crippen molar-refractivity contribution in [1.29, 1.82) is 0 Å². The summed E-state index contributed by atoms with van der Waals surface area (Å²) in [5, 5.41) is 0. The van der Waals surface area contributed by atoms with Gasteiger partial charge < -0.3 is 0 Å². The first-order chi connectivity index (χ1) is 0. The molecule has 0 saturated heterocycles. The van der Waals surface area contributed by atoms with Crippen LogP contribution in [-0.4, -0.2) is 23.1 Å². The minimum absolute atomic E-state index is 0. The van der Waals surface area contributed by atoms with Crippen molar-refractivity contribution < 1.29 is 57.6 Å². The molecule has 26 valence electrons. The van der Waals surface area contributed by atoms with Gasteiger partial charge in [-0.15, -0.1) is 0 Å². The Bertz CT molecular complexity index is 11.6. The summed E-state index contributed by atoms with van der Waals surface area (Å²) in [5.74, 6) is 0. The van der Waals surface area contributed by atoms with E-state index < -0.39 is 0 Å². The van der Waals surface area contributed by atoms with Gasteiger partial charge in [-0.2, -0.15) is 0 Å². The summed E-state index contributed by atoms with van der Waals surface area (Å²) in [7, 11) is 0. The third-order valence-corrected chi connectivity index (χ3v) is 0. The molecule has 0 unspecified atom stereocenters. The van der Waals surface area contributed by atoms with E-state index in [1.807, 2.05) is 0 Å². The van der Waals surface area contributed by atoms with E-state index in [1.165, 1.54) is 0 Å². The van der Waals surface area contributed by atoms with E-state index in [4.69, 9.17) is 0 Å². The molecule has 0 amide bonds. The molecule has 0 aliphatic rings. The van der Waals surface area contributed by atoms with Gasteiger partial charge in [0.1, 0.15) is 0 Å². The maximum atomic E-state index is 0. The second-order valence-corrected chi connectivity index (χ2v) is 0. The second kappa shape index (κ2) is 30.6. The van der Waals surface area contributed by atoms with E-state index in [1.54, 1.807) is 0 Å². The van der Waals surface area contributed by atoms with Crippen LogP contribution in [0.5, 0.6) is 0 Å². The summed E-state index contributed by atoms with van der Waals surface area (Å²) in [6, 6.07) is 0. The molecule has 0 aromatic heterocycles. The van der Waals surface area contributed by atoms with E-state index >= 15 is 0 Å². The van der Waals surface area contributed by atoms with E-state index in [-0.39, 0.29) is 88.1 Å². The topological polar surface area (TPSA) is 0 Å². The van der Waals surface area contributed by atoms with Crippen LogP contribution in [0.1, 0.15) is 7.43 Å². The molecule has 0 nitrogen and oxygen atoms in total. The van der Waals surface area contributed by atoms with Gasteiger partial charge in [-0.05, 0) is 0 Å². The number of hydrogen-bond acceptors (Lipinski definition) is 0. The monoisotopic (exact) mass is 258 g/mol. The van der Waals surface area contributed by atoms with Crippen LogP contribution in [0.2, 0.25) is 0 Å². The Hall–Kier alpha value is 2.60. The minimum Gasteiger partial charge on any atom is -0.0776 e. The van der Waals surface area contributed by atoms with Crippen molar-refractivity contribution >= 4 is 23.1 Å². The Morgan fingerprint density at radius 1 is 1.00 bits per heavy atom. The maximum Gasteiger partial charge on any atom is 0 e. The summed E-state index contributed by atoms with van der Waals surface area (Å²) >= 11 is 0. The van der Waals surface area contributed by atoms with Gasteiger partial charge in [-0.25, -0.2) is 0 Å². The molecule has 0 aromatic rings. The predicted octanol–water partition coefficient (Wildman–Crippen LogP) is 0.248. The molecule has 2 radical (unpaired) electrons. The zero-order valence-corrected chi connectivity index (χ0v) is 9.67. The van der Waals surface area contributed by atoms with Gasteiger partial charge >= 0.3 is 0 Å². The molecule has 0 aliphatic heterocycles. The van der Waals surface area contributed by atoms with Crippen molar-refractivity contribution in [3.63, 3.8) is 0 Å². The molecule has 0 aliphatic carbocycles. The molecule has 0 atom stereocenters. The van der Waals surface area contributed by atoms with Crippen molar-refractivity contribution in [2.24, 2.45) is 0 Å². The number of hydrogen-bond donors (Lipinski definition) is 0. The quantitative estimate of drug-likeness (QED) is 0.546. The molecule has 0 bridgehead atoms. The summed E-state index contributed by atoms with van der Waals surface area (Å²) < 4.78 is 0. The van der Waals surface area contributed by atoms with Crippen molar-refractivity contribution in [2.45, 2.75) is 7.43 Å². The van der Waals surface area contributed by atoms with Crippen molar-refractivity contribution in [1.82, 2.24) is 0 Å². The molecular formula is CH4FeMgMoZn. The van der Waals surface area contributed by atoms with Crippen LogP contribution in [0.15, 0.2) is 0 Å². The molecule has 4 heteroatoms. The second-order valence-electron chi connectivity index (χ2n) is 0. The van der Waals surface area contributed by atoms with Crippen molar-refractivity contribution in [3.8, 4) is 0 Å². The summed E-state index contributed by atoms with van der Waals surface area (Å²) in [4.78, 5) is 0. The maximum absolute atomic E-state index is 0. The Morgan fingerprint density at radius 3 is 1.00 bits per heavy atom. The van der Waals surface area contributed by atoms with E-state index in [9.17, 15) is 0 Å². The Kier molecular flexibility index (Phi) is 300. The van der Waals surface area contributed by atoms with Gasteiger partial charge in [0, 0.05) is 80.7 Å². The van der Waals surface area contributed by atoms with Crippen molar-refractivity contribution in [3.05, 3.63) is 0 Å². The van der Waals surface area contributed by atoms with Crippen LogP contribution < -0.4 is 0 Å². The van der Waals surface area contributed by atoms with Crippen LogP contribution in [0.25, 0.3) is 0 Å². The normalized spacial score (nSPS) is 0. The van der Waals surface area contributed by atoms with E-state index in [0.717, 1.165) is 0 Å². The Morgan fingerprint density at radius 2 is 1.00 bits per heavy atom. The summed E-state index contributed by atoms with van der Waals surface area (Å²) in [5.41, 5.74) is 0. The van der Waals surface area contributed by atoms with Gasteiger partial charge in [0.25, 0.3) is 0 Å². The zero-order valence-electron chi connectivity index (χ0n) is 2.18. The molecule has 0 N–H and O–H groups in total. The fourth-order valence-electron chi connectivity index (χ4n) is 0. The molecule has 0 heterocycles. The van der Waals surface area contributed by atoms with Gasteiger partial charge in [0.2, 0.25) is 0 Å². The SMILES string of the molecule is C.[Fe].[Mg].[Mo].[Zn]. The van der Waals surface area contributed by atoms with Crippen LogP contribution in [0, 0.1) is 0 Å². The summed E-state index contributed by atoms with van der Waals surface area (Å²) in [6.07, 6.45) is 0. The fraction of sp³-hybridized carbons (Fsp3) is 1.00. The van der Waals surface area contributed by atoms with Gasteiger partial charge in [-0.3, -0.25) is 0 Å². The predicted molar refractivity (Wildman–Crippen MR) is 12.5 cm³/mol. The Balaban J connectivity index is 0. The van der Waals surface area contributed by atoms with Crippen LogP contribution in [-0.2, 0) is 57.6 Å². The smallest absolute Gasteiger partial charge is 0 e. The third kappa shape index (κ3) is 20.7. The average Bonchev–Trinajstić information content (AvgIpc) is 0. The van der Waals surface area contributed by atoms with Gasteiger partial charge in [0.15, 0.2) is 0 Å². The first-order valence-corrected chi connectivity index (χ1v) is 0.